The number of aromatic hydroxyl groups is 1. The third-order valence-electron chi connectivity index (χ3n) is 4.06. The van der Waals surface area contributed by atoms with Gasteiger partial charge in [0.1, 0.15) is 5.75 Å². The van der Waals surface area contributed by atoms with Crippen LogP contribution in [0.15, 0.2) is 49.2 Å². The molecule has 0 bridgehead atoms. The fourth-order valence-corrected chi connectivity index (χ4v) is 4.63. The molecule has 7 heteroatoms. The number of benzene rings is 2. The van der Waals surface area contributed by atoms with Crippen LogP contribution in [0.4, 0.5) is 5.69 Å². The second kappa shape index (κ2) is 7.58. The predicted molar refractivity (Wildman–Crippen MR) is 115 cm³/mol. The van der Waals surface area contributed by atoms with E-state index in [1.54, 1.807) is 25.3 Å². The average Bonchev–Trinajstić information content (AvgIpc) is 2.83. The average molecular weight is 496 g/mol. The Labute approximate surface area is 173 Å². The quantitative estimate of drug-likeness (QED) is 0.538. The molecule has 3 rings (SSSR count). The predicted octanol–water partition coefficient (Wildman–Crippen LogP) is 5.77. The first-order valence-electron chi connectivity index (χ1n) is 7.78. The number of rotatable bonds is 2. The van der Waals surface area contributed by atoms with E-state index in [4.69, 9.17) is 0 Å². The zero-order chi connectivity index (χ0) is 19.0. The molecule has 1 aliphatic heterocycles. The number of phenols is 1. The molecule has 0 saturated carbocycles. The Morgan fingerprint density at radius 1 is 1.15 bits per heavy atom. The molecule has 1 amide bonds. The summed E-state index contributed by atoms with van der Waals surface area (Å²) >= 11 is 8.00. The van der Waals surface area contributed by atoms with Crippen LogP contribution in [0.25, 0.3) is 6.08 Å². The molecule has 4 nitrogen and oxygen atoms in total. The first-order chi connectivity index (χ1) is 12.3. The standard InChI is InChI=1S/C19H16Br2N2O2S/c1-10-4-5-14(6-11(10)2)22-19-23(3)18(25)16(26-19)8-12-7-13(20)9-15(21)17(12)24/h4-9,24H,1-3H3/b16-8+,22-19?. The van der Waals surface area contributed by atoms with Gasteiger partial charge in [0.05, 0.1) is 15.1 Å². The number of carbonyl (C=O) groups excluding carboxylic acids is 1. The number of hydrogen-bond donors (Lipinski definition) is 1. The Morgan fingerprint density at radius 2 is 1.88 bits per heavy atom. The van der Waals surface area contributed by atoms with Gasteiger partial charge in [-0.15, -0.1) is 0 Å². The molecule has 26 heavy (non-hydrogen) atoms. The van der Waals surface area contributed by atoms with E-state index in [2.05, 4.69) is 43.8 Å². The minimum atomic E-state index is -0.145. The second-order valence-electron chi connectivity index (χ2n) is 5.96. The van der Waals surface area contributed by atoms with E-state index in [9.17, 15) is 9.90 Å². The number of hydrogen-bond acceptors (Lipinski definition) is 4. The van der Waals surface area contributed by atoms with E-state index in [1.165, 1.54) is 22.2 Å². The van der Waals surface area contributed by atoms with Gasteiger partial charge in [-0.25, -0.2) is 4.99 Å². The van der Waals surface area contributed by atoms with Gasteiger partial charge in [-0.05, 0) is 83.0 Å². The van der Waals surface area contributed by atoms with E-state index in [0.717, 1.165) is 15.7 Å². The molecule has 134 valence electrons. The number of carbonyl (C=O) groups is 1. The maximum Gasteiger partial charge on any atom is 0.266 e. The van der Waals surface area contributed by atoms with E-state index < -0.39 is 0 Å². The van der Waals surface area contributed by atoms with Crippen LogP contribution >= 0.6 is 43.6 Å². The summed E-state index contributed by atoms with van der Waals surface area (Å²) < 4.78 is 1.37. The zero-order valence-electron chi connectivity index (χ0n) is 14.4. The summed E-state index contributed by atoms with van der Waals surface area (Å²) in [6.45, 7) is 4.09. The van der Waals surface area contributed by atoms with Gasteiger partial charge < -0.3 is 5.11 Å². The SMILES string of the molecule is Cc1ccc(N=C2S/C(=C/c3cc(Br)cc(Br)c3O)C(=O)N2C)cc1C. The summed E-state index contributed by atoms with van der Waals surface area (Å²) in [6, 6.07) is 9.47. The van der Waals surface area contributed by atoms with Crippen molar-refractivity contribution in [1.29, 1.82) is 0 Å². The van der Waals surface area contributed by atoms with Gasteiger partial charge in [0.25, 0.3) is 5.91 Å². The topological polar surface area (TPSA) is 52.9 Å². The Bertz CT molecular complexity index is 970. The number of halogens is 2. The van der Waals surface area contributed by atoms with Crippen molar-refractivity contribution < 1.29 is 9.90 Å². The van der Waals surface area contributed by atoms with Crippen LogP contribution in [0.5, 0.6) is 5.75 Å². The molecule has 0 unspecified atom stereocenters. The molecule has 0 aliphatic carbocycles. The lowest BCUT2D eigenvalue weighted by Crippen LogP contribution is -2.23. The summed E-state index contributed by atoms with van der Waals surface area (Å²) in [5.74, 6) is -0.0515. The molecule has 0 radical (unpaired) electrons. The van der Waals surface area contributed by atoms with Crippen LogP contribution in [0.3, 0.4) is 0 Å². The molecule has 2 aromatic carbocycles. The Morgan fingerprint density at radius 3 is 2.58 bits per heavy atom. The molecule has 1 heterocycles. The maximum absolute atomic E-state index is 12.6. The van der Waals surface area contributed by atoms with Crippen molar-refractivity contribution in [2.75, 3.05) is 7.05 Å². The maximum atomic E-state index is 12.6. The van der Waals surface area contributed by atoms with Gasteiger partial charge in [0, 0.05) is 17.1 Å². The minimum absolute atomic E-state index is 0.0938. The van der Waals surface area contributed by atoms with Gasteiger partial charge in [-0.1, -0.05) is 22.0 Å². The summed E-state index contributed by atoms with van der Waals surface area (Å²) in [6.07, 6.45) is 1.68. The molecular weight excluding hydrogens is 480 g/mol. The number of aryl methyl sites for hydroxylation is 2. The largest absolute Gasteiger partial charge is 0.506 e. The minimum Gasteiger partial charge on any atom is -0.506 e. The van der Waals surface area contributed by atoms with Gasteiger partial charge in [-0.3, -0.25) is 9.69 Å². The van der Waals surface area contributed by atoms with Crippen LogP contribution in [-0.4, -0.2) is 28.1 Å². The van der Waals surface area contributed by atoms with Crippen molar-refractivity contribution in [2.45, 2.75) is 13.8 Å². The summed E-state index contributed by atoms with van der Waals surface area (Å²) in [5.41, 5.74) is 3.73. The van der Waals surface area contributed by atoms with Gasteiger partial charge in [0.2, 0.25) is 0 Å². The van der Waals surface area contributed by atoms with Gasteiger partial charge in [-0.2, -0.15) is 0 Å². The fourth-order valence-electron chi connectivity index (χ4n) is 2.39. The van der Waals surface area contributed by atoms with E-state index >= 15 is 0 Å². The number of phenolic OH excluding ortho intramolecular Hbond substituents is 1. The van der Waals surface area contributed by atoms with Crippen LogP contribution in [0, 0.1) is 13.8 Å². The zero-order valence-corrected chi connectivity index (χ0v) is 18.4. The van der Waals surface area contributed by atoms with Crippen molar-refractivity contribution in [3.8, 4) is 5.75 Å². The van der Waals surface area contributed by atoms with Gasteiger partial charge in [0.15, 0.2) is 5.17 Å². The summed E-state index contributed by atoms with van der Waals surface area (Å²) in [4.78, 5) is 19.2. The molecule has 2 aromatic rings. The van der Waals surface area contributed by atoms with Crippen molar-refractivity contribution in [2.24, 2.45) is 4.99 Å². The lowest BCUT2D eigenvalue weighted by atomic mass is 10.1. The van der Waals surface area contributed by atoms with Crippen LogP contribution in [0.1, 0.15) is 16.7 Å². The van der Waals surface area contributed by atoms with Crippen LogP contribution in [-0.2, 0) is 4.79 Å². The van der Waals surface area contributed by atoms with Crippen molar-refractivity contribution in [3.63, 3.8) is 0 Å². The molecule has 1 N–H and O–H groups in total. The van der Waals surface area contributed by atoms with Crippen molar-refractivity contribution >= 4 is 66.5 Å². The summed E-state index contributed by atoms with van der Waals surface area (Å²) in [5, 5.41) is 10.8. The molecule has 1 fully saturated rings. The Hall–Kier alpha value is -1.57. The third kappa shape index (κ3) is 3.89. The van der Waals surface area contributed by atoms with E-state index in [0.29, 0.717) is 20.1 Å². The molecule has 0 aromatic heterocycles. The molecule has 1 saturated heterocycles. The van der Waals surface area contributed by atoms with Crippen molar-refractivity contribution in [3.05, 3.63) is 60.9 Å². The summed E-state index contributed by atoms with van der Waals surface area (Å²) in [7, 11) is 1.70. The fraction of sp³-hybridized carbons (Fsp3) is 0.158. The van der Waals surface area contributed by atoms with Crippen LogP contribution < -0.4 is 0 Å². The Kier molecular flexibility index (Phi) is 5.60. The second-order valence-corrected chi connectivity index (χ2v) is 8.74. The molecule has 0 atom stereocenters. The number of nitrogens with zero attached hydrogens (tertiary/aromatic N) is 2. The number of amidine groups is 1. The highest BCUT2D eigenvalue weighted by molar-refractivity contribution is 9.11. The molecule has 0 spiro atoms. The van der Waals surface area contributed by atoms with Gasteiger partial charge >= 0.3 is 0 Å². The normalized spacial score (nSPS) is 17.6. The van der Waals surface area contributed by atoms with Crippen molar-refractivity contribution in [1.82, 2.24) is 4.90 Å². The number of thioether (sulfide) groups is 1. The first kappa shape index (κ1) is 19.2. The Balaban J connectivity index is 1.96. The molecular formula is C19H16Br2N2O2S. The number of amides is 1. The molecule has 1 aliphatic rings. The third-order valence-corrected chi connectivity index (χ3v) is 6.19. The van der Waals surface area contributed by atoms with E-state index in [-0.39, 0.29) is 11.7 Å². The monoisotopic (exact) mass is 494 g/mol. The first-order valence-corrected chi connectivity index (χ1v) is 10.2. The number of aliphatic imine (C=N–C) groups is 1. The highest BCUT2D eigenvalue weighted by Crippen LogP contribution is 2.37. The lowest BCUT2D eigenvalue weighted by molar-refractivity contribution is -0.121. The van der Waals surface area contributed by atoms with Crippen LogP contribution in [0.2, 0.25) is 0 Å². The number of likely N-dealkylation sites (N-methyl/N-ethyl adjacent to an activating group) is 1. The van der Waals surface area contributed by atoms with E-state index in [1.807, 2.05) is 25.1 Å². The highest BCUT2D eigenvalue weighted by Gasteiger charge is 2.30. The lowest BCUT2D eigenvalue weighted by Gasteiger charge is -2.08. The highest BCUT2D eigenvalue weighted by atomic mass is 79.9. The smallest absolute Gasteiger partial charge is 0.266 e.